The topological polar surface area (TPSA) is 32.3 Å². The molecule has 0 spiro atoms. The van der Waals surface area contributed by atoms with Gasteiger partial charge in [-0.3, -0.25) is 4.79 Å². The quantitative estimate of drug-likeness (QED) is 0.794. The van der Waals surface area contributed by atoms with E-state index in [0.717, 1.165) is 13.0 Å². The van der Waals surface area contributed by atoms with Crippen LogP contribution in [-0.4, -0.2) is 35.5 Å². The van der Waals surface area contributed by atoms with Crippen molar-refractivity contribution >= 4 is 5.91 Å². The summed E-state index contributed by atoms with van der Waals surface area (Å²) in [7, 11) is 0. The van der Waals surface area contributed by atoms with E-state index in [0.29, 0.717) is 18.0 Å². The number of hydrogen-bond donors (Lipinski definition) is 1. The molecule has 0 radical (unpaired) electrons. The largest absolute Gasteiger partial charge is 0.338 e. The molecule has 3 nitrogen and oxygen atoms in total. The molecule has 1 aliphatic heterocycles. The Bertz CT molecular complexity index is 246. The fraction of sp³-hybridized carbons (Fsp3) is 0.923. The third kappa shape index (κ3) is 2.57. The first-order valence-electron chi connectivity index (χ1n) is 6.75. The molecular formula is C13H24N2O. The number of carbonyl (C=O) groups excluding carboxylic acids is 1. The molecule has 1 saturated heterocycles. The van der Waals surface area contributed by atoms with Crippen LogP contribution < -0.4 is 5.32 Å². The molecule has 2 fully saturated rings. The number of hydrogen-bond acceptors (Lipinski definition) is 2. The second-order valence-corrected chi connectivity index (χ2v) is 5.49. The van der Waals surface area contributed by atoms with Gasteiger partial charge in [-0.15, -0.1) is 0 Å². The predicted molar refractivity (Wildman–Crippen MR) is 65.3 cm³/mol. The maximum absolute atomic E-state index is 12.2. The second-order valence-electron chi connectivity index (χ2n) is 5.49. The van der Waals surface area contributed by atoms with Crippen molar-refractivity contribution in [3.8, 4) is 0 Å². The highest BCUT2D eigenvalue weighted by Gasteiger charge is 2.36. The van der Waals surface area contributed by atoms with Crippen molar-refractivity contribution in [2.24, 2.45) is 0 Å². The summed E-state index contributed by atoms with van der Waals surface area (Å²) in [6, 6.07) is 1.03. The molecule has 0 aromatic carbocycles. The van der Waals surface area contributed by atoms with Crippen molar-refractivity contribution < 1.29 is 4.79 Å². The van der Waals surface area contributed by atoms with Crippen LogP contribution in [0.4, 0.5) is 0 Å². The molecule has 1 amide bonds. The van der Waals surface area contributed by atoms with E-state index in [4.69, 9.17) is 0 Å². The van der Waals surface area contributed by atoms with E-state index in [9.17, 15) is 4.79 Å². The minimum atomic E-state index is 0.0851. The van der Waals surface area contributed by atoms with Gasteiger partial charge < -0.3 is 10.2 Å². The Labute approximate surface area is 98.6 Å². The van der Waals surface area contributed by atoms with Gasteiger partial charge in [0.25, 0.3) is 0 Å². The summed E-state index contributed by atoms with van der Waals surface area (Å²) in [4.78, 5) is 14.3. The first-order chi connectivity index (χ1) is 7.68. The van der Waals surface area contributed by atoms with Crippen LogP contribution >= 0.6 is 0 Å². The number of nitrogens with one attached hydrogen (secondary N) is 1. The Morgan fingerprint density at radius 3 is 2.50 bits per heavy atom. The van der Waals surface area contributed by atoms with E-state index in [1.807, 2.05) is 0 Å². The van der Waals surface area contributed by atoms with Crippen molar-refractivity contribution in [1.29, 1.82) is 0 Å². The summed E-state index contributed by atoms with van der Waals surface area (Å²) < 4.78 is 0. The van der Waals surface area contributed by atoms with E-state index < -0.39 is 0 Å². The number of amides is 1. The van der Waals surface area contributed by atoms with Gasteiger partial charge in [0.2, 0.25) is 5.91 Å². The van der Waals surface area contributed by atoms with Crippen LogP contribution in [-0.2, 0) is 4.79 Å². The zero-order valence-corrected chi connectivity index (χ0v) is 10.5. The zero-order valence-electron chi connectivity index (χ0n) is 10.5. The van der Waals surface area contributed by atoms with Crippen LogP contribution in [0, 0.1) is 0 Å². The fourth-order valence-electron chi connectivity index (χ4n) is 3.01. The first kappa shape index (κ1) is 11.9. The van der Waals surface area contributed by atoms with Crippen molar-refractivity contribution in [2.75, 3.05) is 6.54 Å². The molecule has 2 aliphatic rings. The normalized spacial score (nSPS) is 28.1. The predicted octanol–water partition coefficient (Wildman–Crippen LogP) is 1.92. The van der Waals surface area contributed by atoms with Gasteiger partial charge in [0.05, 0.1) is 6.04 Å². The third-order valence-electron chi connectivity index (χ3n) is 3.79. The minimum Gasteiger partial charge on any atom is -0.338 e. The molecule has 92 valence electrons. The van der Waals surface area contributed by atoms with Crippen molar-refractivity contribution in [3.63, 3.8) is 0 Å². The van der Waals surface area contributed by atoms with E-state index in [2.05, 4.69) is 24.1 Å². The maximum atomic E-state index is 12.2. The van der Waals surface area contributed by atoms with Gasteiger partial charge in [0.15, 0.2) is 0 Å². The SMILES string of the molecule is CC(C)NC1CCN(C2CCCCC2)C1=O. The molecule has 1 aliphatic carbocycles. The van der Waals surface area contributed by atoms with Crippen molar-refractivity contribution in [3.05, 3.63) is 0 Å². The molecule has 2 rings (SSSR count). The summed E-state index contributed by atoms with van der Waals surface area (Å²) in [5, 5.41) is 3.37. The average molecular weight is 224 g/mol. The second kappa shape index (κ2) is 5.17. The zero-order chi connectivity index (χ0) is 11.5. The number of likely N-dealkylation sites (tertiary alicyclic amines) is 1. The highest BCUT2D eigenvalue weighted by atomic mass is 16.2. The Balaban J connectivity index is 1.90. The first-order valence-corrected chi connectivity index (χ1v) is 6.75. The van der Waals surface area contributed by atoms with Crippen LogP contribution in [0.5, 0.6) is 0 Å². The molecule has 1 atom stereocenters. The van der Waals surface area contributed by atoms with Crippen molar-refractivity contribution in [2.45, 2.75) is 70.5 Å². The smallest absolute Gasteiger partial charge is 0.240 e. The Morgan fingerprint density at radius 1 is 1.19 bits per heavy atom. The lowest BCUT2D eigenvalue weighted by Gasteiger charge is -2.31. The van der Waals surface area contributed by atoms with Gasteiger partial charge in [-0.25, -0.2) is 0 Å². The van der Waals surface area contributed by atoms with Crippen molar-refractivity contribution in [1.82, 2.24) is 10.2 Å². The Morgan fingerprint density at radius 2 is 1.88 bits per heavy atom. The van der Waals surface area contributed by atoms with Crippen LogP contribution in [0.15, 0.2) is 0 Å². The van der Waals surface area contributed by atoms with Gasteiger partial charge in [-0.05, 0) is 19.3 Å². The van der Waals surface area contributed by atoms with Gasteiger partial charge in [-0.1, -0.05) is 33.1 Å². The van der Waals surface area contributed by atoms with E-state index in [-0.39, 0.29) is 6.04 Å². The molecule has 16 heavy (non-hydrogen) atoms. The molecule has 1 heterocycles. The lowest BCUT2D eigenvalue weighted by atomic mass is 9.94. The molecule has 1 saturated carbocycles. The van der Waals surface area contributed by atoms with Crippen LogP contribution in [0.2, 0.25) is 0 Å². The number of rotatable bonds is 3. The summed E-state index contributed by atoms with van der Waals surface area (Å²) in [5.41, 5.74) is 0. The Hall–Kier alpha value is -0.570. The standard InChI is InChI=1S/C13H24N2O/c1-10(2)14-12-8-9-15(13(12)16)11-6-4-3-5-7-11/h10-12,14H,3-9H2,1-2H3. The van der Waals surface area contributed by atoms with Crippen LogP contribution in [0.25, 0.3) is 0 Å². The lowest BCUT2D eigenvalue weighted by molar-refractivity contribution is -0.132. The van der Waals surface area contributed by atoms with Crippen LogP contribution in [0.1, 0.15) is 52.4 Å². The van der Waals surface area contributed by atoms with Crippen LogP contribution in [0.3, 0.4) is 0 Å². The fourth-order valence-corrected chi connectivity index (χ4v) is 3.01. The summed E-state index contributed by atoms with van der Waals surface area (Å²) in [6.07, 6.45) is 7.40. The van der Waals surface area contributed by atoms with Gasteiger partial charge >= 0.3 is 0 Å². The monoisotopic (exact) mass is 224 g/mol. The molecule has 1 unspecified atom stereocenters. The summed E-state index contributed by atoms with van der Waals surface area (Å²) in [5.74, 6) is 0.348. The molecular weight excluding hydrogens is 200 g/mol. The highest BCUT2D eigenvalue weighted by Crippen LogP contribution is 2.26. The summed E-state index contributed by atoms with van der Waals surface area (Å²) in [6.45, 7) is 5.18. The minimum absolute atomic E-state index is 0.0851. The molecule has 0 aromatic rings. The van der Waals surface area contributed by atoms with Gasteiger partial charge in [0, 0.05) is 18.6 Å². The maximum Gasteiger partial charge on any atom is 0.240 e. The lowest BCUT2D eigenvalue weighted by Crippen LogP contribution is -2.45. The van der Waals surface area contributed by atoms with E-state index >= 15 is 0 Å². The average Bonchev–Trinajstić information content (AvgIpc) is 2.61. The molecule has 1 N–H and O–H groups in total. The number of carbonyl (C=O) groups is 1. The molecule has 3 heteroatoms. The van der Waals surface area contributed by atoms with Gasteiger partial charge in [-0.2, -0.15) is 0 Å². The number of nitrogens with zero attached hydrogens (tertiary/aromatic N) is 1. The third-order valence-corrected chi connectivity index (χ3v) is 3.79. The van der Waals surface area contributed by atoms with E-state index in [1.54, 1.807) is 0 Å². The Kier molecular flexibility index (Phi) is 3.85. The highest BCUT2D eigenvalue weighted by molar-refractivity contribution is 5.84. The van der Waals surface area contributed by atoms with Gasteiger partial charge in [0.1, 0.15) is 0 Å². The molecule has 0 bridgehead atoms. The van der Waals surface area contributed by atoms with E-state index in [1.165, 1.54) is 32.1 Å². The summed E-state index contributed by atoms with van der Waals surface area (Å²) >= 11 is 0. The molecule has 0 aromatic heterocycles.